The minimum absolute atomic E-state index is 0.0669. The number of carbonyl (C=O) groups is 1. The van der Waals surface area contributed by atoms with E-state index in [2.05, 4.69) is 33.0 Å². The predicted octanol–water partition coefficient (Wildman–Crippen LogP) is 3.82. The molecule has 130 valence electrons. The van der Waals surface area contributed by atoms with E-state index < -0.39 is 0 Å². The molecule has 2 aromatic rings. The molecule has 1 aliphatic rings. The molecule has 5 heteroatoms. The fourth-order valence-electron chi connectivity index (χ4n) is 2.82. The van der Waals surface area contributed by atoms with E-state index in [1.165, 1.54) is 5.69 Å². The molecule has 25 heavy (non-hydrogen) atoms. The molecule has 4 nitrogen and oxygen atoms in total. The number of rotatable bonds is 4. The molecule has 0 spiro atoms. The normalized spacial score (nSPS) is 14.8. The Balaban J connectivity index is 1.54. The smallest absolute Gasteiger partial charge is 0.246 e. The molecular weight excluding hydrogens is 380 g/mol. The number of amides is 1. The molecule has 1 amide bonds. The Morgan fingerprint density at radius 1 is 1.00 bits per heavy atom. The van der Waals surface area contributed by atoms with Gasteiger partial charge in [0, 0.05) is 42.4 Å². The molecule has 0 aliphatic carbocycles. The van der Waals surface area contributed by atoms with E-state index in [1.54, 1.807) is 13.2 Å². The van der Waals surface area contributed by atoms with Gasteiger partial charge in [0.1, 0.15) is 5.75 Å². The zero-order chi connectivity index (χ0) is 17.6. The van der Waals surface area contributed by atoms with Crippen molar-refractivity contribution in [3.8, 4) is 5.75 Å². The van der Waals surface area contributed by atoms with Crippen molar-refractivity contribution in [3.05, 3.63) is 64.6 Å². The number of anilines is 1. The minimum Gasteiger partial charge on any atom is -0.497 e. The maximum absolute atomic E-state index is 12.4. The average Bonchev–Trinajstić information content (AvgIpc) is 2.67. The summed E-state index contributed by atoms with van der Waals surface area (Å²) < 4.78 is 6.23. The lowest BCUT2D eigenvalue weighted by Gasteiger charge is -2.35. The molecule has 0 radical (unpaired) electrons. The number of benzene rings is 2. The third kappa shape index (κ3) is 4.63. The zero-order valence-electron chi connectivity index (χ0n) is 14.2. The van der Waals surface area contributed by atoms with Crippen LogP contribution in [0.15, 0.2) is 59.1 Å². The molecule has 0 bridgehead atoms. The summed E-state index contributed by atoms with van der Waals surface area (Å²) in [5.41, 5.74) is 2.19. The first-order valence-corrected chi connectivity index (χ1v) is 9.06. The van der Waals surface area contributed by atoms with Gasteiger partial charge in [-0.05, 0) is 48.0 Å². The van der Waals surface area contributed by atoms with Crippen LogP contribution in [0.25, 0.3) is 6.08 Å². The number of halogens is 1. The molecule has 2 aromatic carbocycles. The number of piperazine rings is 1. The highest BCUT2D eigenvalue weighted by atomic mass is 79.9. The van der Waals surface area contributed by atoms with E-state index in [0.29, 0.717) is 0 Å². The second-order valence-corrected chi connectivity index (χ2v) is 6.81. The Labute approximate surface area is 156 Å². The van der Waals surface area contributed by atoms with Gasteiger partial charge in [-0.15, -0.1) is 0 Å². The number of methoxy groups -OCH3 is 1. The highest BCUT2D eigenvalue weighted by molar-refractivity contribution is 9.10. The SMILES string of the molecule is COc1ccc(N2CCN(C(=O)/C=C/c3ccc(Br)cc3)CC2)cc1. The number of hydrogen-bond acceptors (Lipinski definition) is 3. The summed E-state index contributed by atoms with van der Waals surface area (Å²) in [7, 11) is 1.67. The fourth-order valence-corrected chi connectivity index (χ4v) is 3.09. The summed E-state index contributed by atoms with van der Waals surface area (Å²) in [4.78, 5) is 16.6. The Morgan fingerprint density at radius 3 is 2.24 bits per heavy atom. The van der Waals surface area contributed by atoms with Gasteiger partial charge < -0.3 is 14.5 Å². The quantitative estimate of drug-likeness (QED) is 0.731. The lowest BCUT2D eigenvalue weighted by atomic mass is 10.2. The third-order valence-electron chi connectivity index (χ3n) is 4.32. The van der Waals surface area contributed by atoms with Crippen LogP contribution in [0.4, 0.5) is 5.69 Å². The van der Waals surface area contributed by atoms with Crippen LogP contribution in [-0.2, 0) is 4.79 Å². The van der Waals surface area contributed by atoms with E-state index >= 15 is 0 Å². The highest BCUT2D eigenvalue weighted by Crippen LogP contribution is 2.20. The lowest BCUT2D eigenvalue weighted by Crippen LogP contribution is -2.48. The second-order valence-electron chi connectivity index (χ2n) is 5.90. The first-order chi connectivity index (χ1) is 12.2. The second kappa shape index (κ2) is 8.21. The van der Waals surface area contributed by atoms with Crippen molar-refractivity contribution in [2.75, 3.05) is 38.2 Å². The Bertz CT molecular complexity index is 733. The standard InChI is InChI=1S/C20H21BrN2O2/c1-25-19-9-7-18(8-10-19)22-12-14-23(15-13-22)20(24)11-4-16-2-5-17(21)6-3-16/h2-11H,12-15H2,1H3/b11-4+. The Kier molecular flexibility index (Phi) is 5.76. The van der Waals surface area contributed by atoms with Gasteiger partial charge in [-0.25, -0.2) is 0 Å². The van der Waals surface area contributed by atoms with Crippen molar-refractivity contribution in [1.82, 2.24) is 4.90 Å². The van der Waals surface area contributed by atoms with Crippen molar-refractivity contribution >= 4 is 33.6 Å². The maximum atomic E-state index is 12.4. The topological polar surface area (TPSA) is 32.8 Å². The van der Waals surface area contributed by atoms with Gasteiger partial charge in [0.2, 0.25) is 5.91 Å². The molecular formula is C20H21BrN2O2. The molecule has 1 fully saturated rings. The molecule has 0 N–H and O–H groups in total. The first kappa shape index (κ1) is 17.5. The van der Waals surface area contributed by atoms with Crippen LogP contribution in [0, 0.1) is 0 Å². The minimum atomic E-state index is 0.0669. The predicted molar refractivity (Wildman–Crippen MR) is 105 cm³/mol. The maximum Gasteiger partial charge on any atom is 0.246 e. The lowest BCUT2D eigenvalue weighted by molar-refractivity contribution is -0.126. The first-order valence-electron chi connectivity index (χ1n) is 8.27. The molecule has 3 rings (SSSR count). The Morgan fingerprint density at radius 2 is 1.64 bits per heavy atom. The van der Waals surface area contributed by atoms with Crippen molar-refractivity contribution in [1.29, 1.82) is 0 Å². The van der Waals surface area contributed by atoms with Crippen LogP contribution in [0.2, 0.25) is 0 Å². The third-order valence-corrected chi connectivity index (χ3v) is 4.85. The zero-order valence-corrected chi connectivity index (χ0v) is 15.8. The number of nitrogens with zero attached hydrogens (tertiary/aromatic N) is 2. The van der Waals surface area contributed by atoms with Crippen LogP contribution >= 0.6 is 15.9 Å². The summed E-state index contributed by atoms with van der Waals surface area (Å²) in [5.74, 6) is 0.924. The summed E-state index contributed by atoms with van der Waals surface area (Å²) >= 11 is 3.41. The highest BCUT2D eigenvalue weighted by Gasteiger charge is 2.19. The molecule has 0 saturated carbocycles. The summed E-state index contributed by atoms with van der Waals surface area (Å²) in [6, 6.07) is 16.0. The average molecular weight is 401 g/mol. The number of ether oxygens (including phenoxy) is 1. The van der Waals surface area contributed by atoms with Crippen LogP contribution in [0.1, 0.15) is 5.56 Å². The van der Waals surface area contributed by atoms with Crippen molar-refractivity contribution in [3.63, 3.8) is 0 Å². The molecule has 1 aliphatic heterocycles. The number of carbonyl (C=O) groups excluding carboxylic acids is 1. The number of hydrogen-bond donors (Lipinski definition) is 0. The molecule has 0 unspecified atom stereocenters. The van der Waals surface area contributed by atoms with Gasteiger partial charge >= 0.3 is 0 Å². The van der Waals surface area contributed by atoms with E-state index in [4.69, 9.17) is 4.74 Å². The molecule has 1 saturated heterocycles. The van der Waals surface area contributed by atoms with E-state index in [-0.39, 0.29) is 5.91 Å². The Hall–Kier alpha value is -2.27. The largest absolute Gasteiger partial charge is 0.497 e. The summed E-state index contributed by atoms with van der Waals surface area (Å²) in [6.45, 7) is 3.14. The van der Waals surface area contributed by atoms with E-state index in [9.17, 15) is 4.79 Å². The van der Waals surface area contributed by atoms with E-state index in [0.717, 1.165) is 42.0 Å². The van der Waals surface area contributed by atoms with Gasteiger partial charge in [0.15, 0.2) is 0 Å². The van der Waals surface area contributed by atoms with Gasteiger partial charge in [-0.2, -0.15) is 0 Å². The molecule has 1 heterocycles. The van der Waals surface area contributed by atoms with Gasteiger partial charge in [-0.1, -0.05) is 28.1 Å². The fraction of sp³-hybridized carbons (Fsp3) is 0.250. The van der Waals surface area contributed by atoms with Crippen LogP contribution in [-0.4, -0.2) is 44.1 Å². The van der Waals surface area contributed by atoms with Crippen LogP contribution < -0.4 is 9.64 Å². The van der Waals surface area contributed by atoms with Crippen LogP contribution in [0.5, 0.6) is 5.75 Å². The van der Waals surface area contributed by atoms with Crippen LogP contribution in [0.3, 0.4) is 0 Å². The summed E-state index contributed by atoms with van der Waals surface area (Å²) in [5, 5.41) is 0. The van der Waals surface area contributed by atoms with Gasteiger partial charge in [0.05, 0.1) is 7.11 Å². The van der Waals surface area contributed by atoms with Gasteiger partial charge in [0.25, 0.3) is 0 Å². The van der Waals surface area contributed by atoms with Crippen molar-refractivity contribution in [2.45, 2.75) is 0 Å². The summed E-state index contributed by atoms with van der Waals surface area (Å²) in [6.07, 6.45) is 3.52. The van der Waals surface area contributed by atoms with Gasteiger partial charge in [-0.3, -0.25) is 4.79 Å². The van der Waals surface area contributed by atoms with Crippen molar-refractivity contribution < 1.29 is 9.53 Å². The molecule has 0 atom stereocenters. The van der Waals surface area contributed by atoms with E-state index in [1.807, 2.05) is 47.4 Å². The van der Waals surface area contributed by atoms with Crippen molar-refractivity contribution in [2.24, 2.45) is 0 Å². The molecule has 0 aromatic heterocycles. The monoisotopic (exact) mass is 400 g/mol.